The van der Waals surface area contributed by atoms with Gasteiger partial charge < -0.3 is 29.9 Å². The predicted octanol–water partition coefficient (Wildman–Crippen LogP) is -1.13. The molecule has 0 amide bonds. The van der Waals surface area contributed by atoms with Crippen LogP contribution in [0.15, 0.2) is 30.3 Å². The molecule has 0 radical (unpaired) electrons. The number of aliphatic hydroxyl groups is 4. The Kier molecular flexibility index (Phi) is 4.15. The smallest absolute Gasteiger partial charge is 0.229 e. The normalized spacial score (nSPS) is 36.3. The van der Waals surface area contributed by atoms with Crippen LogP contribution in [0.1, 0.15) is 0 Å². The van der Waals surface area contributed by atoms with Gasteiger partial charge in [-0.3, -0.25) is 0 Å². The second-order valence-corrected chi connectivity index (χ2v) is 4.13. The van der Waals surface area contributed by atoms with Crippen molar-refractivity contribution in [1.29, 1.82) is 0 Å². The fraction of sp³-hybridized carbons (Fsp3) is 0.500. The van der Waals surface area contributed by atoms with Gasteiger partial charge in [0.25, 0.3) is 0 Å². The van der Waals surface area contributed by atoms with E-state index in [1.165, 1.54) is 0 Å². The zero-order valence-electron chi connectivity index (χ0n) is 9.59. The van der Waals surface area contributed by atoms with Crippen LogP contribution in [0.3, 0.4) is 0 Å². The maximum Gasteiger partial charge on any atom is 0.229 e. The lowest BCUT2D eigenvalue weighted by Crippen LogP contribution is -2.60. The van der Waals surface area contributed by atoms with E-state index in [0.717, 1.165) is 0 Å². The SMILES string of the molecule is OCC1O[C@H](Oc2ccccc2)C(O)C(O)C1O. The molecule has 4 unspecified atom stereocenters. The predicted molar refractivity (Wildman–Crippen MR) is 60.8 cm³/mol. The molecule has 1 fully saturated rings. The molecule has 1 aliphatic rings. The van der Waals surface area contributed by atoms with Crippen molar-refractivity contribution in [3.05, 3.63) is 30.3 Å². The topological polar surface area (TPSA) is 99.4 Å². The molecule has 6 nitrogen and oxygen atoms in total. The average molecular weight is 256 g/mol. The molecule has 5 atom stereocenters. The fourth-order valence-corrected chi connectivity index (χ4v) is 1.80. The van der Waals surface area contributed by atoms with Crippen molar-refractivity contribution in [2.45, 2.75) is 30.7 Å². The second-order valence-electron chi connectivity index (χ2n) is 4.13. The van der Waals surface area contributed by atoms with Gasteiger partial charge in [0.05, 0.1) is 6.61 Å². The first kappa shape index (κ1) is 13.3. The molecule has 1 saturated heterocycles. The van der Waals surface area contributed by atoms with Crippen molar-refractivity contribution in [2.24, 2.45) is 0 Å². The van der Waals surface area contributed by atoms with Gasteiger partial charge in [0.2, 0.25) is 6.29 Å². The summed E-state index contributed by atoms with van der Waals surface area (Å²) >= 11 is 0. The lowest BCUT2D eigenvalue weighted by Gasteiger charge is -2.39. The van der Waals surface area contributed by atoms with Crippen molar-refractivity contribution in [3.63, 3.8) is 0 Å². The van der Waals surface area contributed by atoms with Crippen LogP contribution in [0.25, 0.3) is 0 Å². The molecule has 0 saturated carbocycles. The Bertz CT molecular complexity index is 368. The van der Waals surface area contributed by atoms with Crippen LogP contribution in [0.5, 0.6) is 5.75 Å². The molecule has 18 heavy (non-hydrogen) atoms. The van der Waals surface area contributed by atoms with E-state index in [4.69, 9.17) is 14.6 Å². The summed E-state index contributed by atoms with van der Waals surface area (Å²) in [5.74, 6) is 0.460. The summed E-state index contributed by atoms with van der Waals surface area (Å²) in [5, 5.41) is 37.9. The molecule has 100 valence electrons. The Hall–Kier alpha value is -1.18. The minimum atomic E-state index is -1.43. The molecule has 0 aliphatic carbocycles. The zero-order chi connectivity index (χ0) is 13.1. The van der Waals surface area contributed by atoms with Crippen LogP contribution in [0.4, 0.5) is 0 Å². The van der Waals surface area contributed by atoms with E-state index in [-0.39, 0.29) is 0 Å². The van der Waals surface area contributed by atoms with Gasteiger partial charge in [0.1, 0.15) is 30.2 Å². The Balaban J connectivity index is 2.08. The Labute approximate surface area is 104 Å². The summed E-state index contributed by atoms with van der Waals surface area (Å²) in [7, 11) is 0. The van der Waals surface area contributed by atoms with Crippen molar-refractivity contribution in [2.75, 3.05) is 6.61 Å². The maximum absolute atomic E-state index is 9.74. The number of ether oxygens (including phenoxy) is 2. The number of hydrogen-bond acceptors (Lipinski definition) is 6. The van der Waals surface area contributed by atoms with Gasteiger partial charge in [0, 0.05) is 0 Å². The Morgan fingerprint density at radius 3 is 2.28 bits per heavy atom. The highest BCUT2D eigenvalue weighted by atomic mass is 16.7. The minimum Gasteiger partial charge on any atom is -0.462 e. The third kappa shape index (κ3) is 2.63. The summed E-state index contributed by atoms with van der Waals surface area (Å²) in [6.45, 7) is -0.473. The number of para-hydroxylation sites is 1. The van der Waals surface area contributed by atoms with Gasteiger partial charge in [-0.1, -0.05) is 18.2 Å². The highest BCUT2D eigenvalue weighted by Gasteiger charge is 2.44. The lowest BCUT2D eigenvalue weighted by atomic mass is 9.99. The van der Waals surface area contributed by atoms with Crippen LogP contribution in [-0.4, -0.2) is 57.7 Å². The van der Waals surface area contributed by atoms with Crippen LogP contribution in [-0.2, 0) is 4.74 Å². The summed E-state index contributed by atoms with van der Waals surface area (Å²) in [6.07, 6.45) is -6.28. The first-order valence-corrected chi connectivity index (χ1v) is 5.65. The van der Waals surface area contributed by atoms with Gasteiger partial charge in [-0.25, -0.2) is 0 Å². The highest BCUT2D eigenvalue weighted by Crippen LogP contribution is 2.23. The molecular formula is C12H16O6. The first-order valence-electron chi connectivity index (χ1n) is 5.65. The minimum absolute atomic E-state index is 0.460. The fourth-order valence-electron chi connectivity index (χ4n) is 1.80. The van der Waals surface area contributed by atoms with E-state index in [2.05, 4.69) is 0 Å². The van der Waals surface area contributed by atoms with Crippen molar-refractivity contribution < 1.29 is 29.9 Å². The van der Waals surface area contributed by atoms with Gasteiger partial charge in [-0.15, -0.1) is 0 Å². The Morgan fingerprint density at radius 1 is 1.00 bits per heavy atom. The van der Waals surface area contributed by atoms with Crippen LogP contribution >= 0.6 is 0 Å². The molecule has 6 heteroatoms. The van der Waals surface area contributed by atoms with Crippen molar-refractivity contribution >= 4 is 0 Å². The van der Waals surface area contributed by atoms with Gasteiger partial charge in [-0.2, -0.15) is 0 Å². The van der Waals surface area contributed by atoms with E-state index in [1.54, 1.807) is 30.3 Å². The molecule has 1 aliphatic heterocycles. The van der Waals surface area contributed by atoms with Crippen LogP contribution in [0.2, 0.25) is 0 Å². The highest BCUT2D eigenvalue weighted by molar-refractivity contribution is 5.21. The van der Waals surface area contributed by atoms with E-state index >= 15 is 0 Å². The maximum atomic E-state index is 9.74. The van der Waals surface area contributed by atoms with Gasteiger partial charge in [-0.05, 0) is 12.1 Å². The third-order valence-corrected chi connectivity index (χ3v) is 2.84. The molecule has 1 aromatic rings. The number of rotatable bonds is 3. The van der Waals surface area contributed by atoms with E-state index < -0.39 is 37.3 Å². The van der Waals surface area contributed by atoms with E-state index in [0.29, 0.717) is 5.75 Å². The van der Waals surface area contributed by atoms with Crippen molar-refractivity contribution in [1.82, 2.24) is 0 Å². The van der Waals surface area contributed by atoms with Crippen LogP contribution in [0, 0.1) is 0 Å². The van der Waals surface area contributed by atoms with E-state index in [1.807, 2.05) is 0 Å². The summed E-state index contributed by atoms with van der Waals surface area (Å²) in [6, 6.07) is 8.64. The van der Waals surface area contributed by atoms with Crippen molar-refractivity contribution in [3.8, 4) is 5.75 Å². The van der Waals surface area contributed by atoms with Crippen LogP contribution < -0.4 is 4.74 Å². The first-order chi connectivity index (χ1) is 8.63. The molecule has 0 bridgehead atoms. The molecule has 1 aromatic carbocycles. The lowest BCUT2D eigenvalue weighted by molar-refractivity contribution is -0.277. The quantitative estimate of drug-likeness (QED) is 0.546. The largest absolute Gasteiger partial charge is 0.462 e. The molecule has 0 spiro atoms. The summed E-state index contributed by atoms with van der Waals surface area (Å²) in [4.78, 5) is 0. The molecule has 0 aromatic heterocycles. The monoisotopic (exact) mass is 256 g/mol. The molecule has 1 heterocycles. The van der Waals surface area contributed by atoms with Gasteiger partial charge in [0.15, 0.2) is 0 Å². The van der Waals surface area contributed by atoms with Gasteiger partial charge >= 0.3 is 0 Å². The molecule has 2 rings (SSSR count). The second kappa shape index (κ2) is 5.64. The van der Waals surface area contributed by atoms with E-state index in [9.17, 15) is 15.3 Å². The number of aliphatic hydroxyl groups excluding tert-OH is 4. The Morgan fingerprint density at radius 2 is 1.67 bits per heavy atom. The number of hydrogen-bond donors (Lipinski definition) is 4. The summed E-state index contributed by atoms with van der Waals surface area (Å²) in [5.41, 5.74) is 0. The average Bonchev–Trinajstić information content (AvgIpc) is 2.40. The summed E-state index contributed by atoms with van der Waals surface area (Å²) < 4.78 is 10.6. The third-order valence-electron chi connectivity index (χ3n) is 2.84. The number of benzene rings is 1. The molecular weight excluding hydrogens is 240 g/mol. The standard InChI is InChI=1S/C12H16O6/c13-6-8-9(14)10(15)11(16)12(18-8)17-7-4-2-1-3-5-7/h1-5,8-16H,6H2/t8?,9?,10?,11?,12-/m0/s1. The molecule has 4 N–H and O–H groups in total. The zero-order valence-corrected chi connectivity index (χ0v) is 9.59.